The lowest BCUT2D eigenvalue weighted by molar-refractivity contribution is -0.118. The third-order valence-electron chi connectivity index (χ3n) is 4.82. The van der Waals surface area contributed by atoms with Gasteiger partial charge in [-0.25, -0.2) is 13.8 Å². The molecule has 2 aromatic carbocycles. The number of nitrogens with zero attached hydrogens (tertiary/aromatic N) is 3. The average Bonchev–Trinajstić information content (AvgIpc) is 3.38. The van der Waals surface area contributed by atoms with Gasteiger partial charge in [0.05, 0.1) is 5.69 Å². The second-order valence-electron chi connectivity index (χ2n) is 7.06. The monoisotopic (exact) mass is 440 g/mol. The fraction of sp³-hybridized carbons (Fsp3) is 0.182. The van der Waals surface area contributed by atoms with E-state index in [0.29, 0.717) is 15.6 Å². The van der Waals surface area contributed by atoms with Crippen LogP contribution in [0.5, 0.6) is 0 Å². The number of rotatable bonds is 6. The van der Waals surface area contributed by atoms with Gasteiger partial charge in [-0.3, -0.25) is 19.9 Å². The minimum Gasteiger partial charge on any atom is -0.298 e. The van der Waals surface area contributed by atoms with Crippen molar-refractivity contribution in [2.75, 3.05) is 10.3 Å². The summed E-state index contributed by atoms with van der Waals surface area (Å²) < 4.78 is 26.9. The van der Waals surface area contributed by atoms with E-state index in [1.54, 1.807) is 5.01 Å². The average molecular weight is 440 g/mol. The highest BCUT2D eigenvalue weighted by Crippen LogP contribution is 2.27. The molecule has 0 fully saturated rings. The molecule has 6 nitrogen and oxygen atoms in total. The number of nitrogens with one attached hydrogen (secondary N) is 1. The number of carbonyl (C=O) groups excluding carboxylic acids is 2. The second-order valence-corrected chi connectivity index (χ2v) is 8.17. The van der Waals surface area contributed by atoms with Crippen LogP contribution in [-0.2, 0) is 16.0 Å². The Morgan fingerprint density at radius 1 is 1.19 bits per heavy atom. The maximum Gasteiger partial charge on any atom is 0.273 e. The van der Waals surface area contributed by atoms with E-state index in [1.165, 1.54) is 36.6 Å². The summed E-state index contributed by atoms with van der Waals surface area (Å²) >= 11 is 1.19. The lowest BCUT2D eigenvalue weighted by Crippen LogP contribution is -2.33. The zero-order chi connectivity index (χ0) is 22.0. The number of anilines is 2. The van der Waals surface area contributed by atoms with Crippen LogP contribution in [0.2, 0.25) is 0 Å². The molecule has 0 radical (unpaired) electrons. The summed E-state index contributed by atoms with van der Waals surface area (Å²) in [6.45, 7) is 1.47. The number of hydrogen-bond donors (Lipinski definition) is 1. The van der Waals surface area contributed by atoms with Gasteiger partial charge in [-0.2, -0.15) is 5.10 Å². The molecule has 1 aliphatic rings. The minimum absolute atomic E-state index is 0.0896. The largest absolute Gasteiger partial charge is 0.298 e. The Morgan fingerprint density at radius 3 is 2.68 bits per heavy atom. The first kappa shape index (κ1) is 20.8. The molecule has 1 aromatic heterocycles. The molecule has 1 atom stereocenters. The molecule has 2 heterocycles. The summed E-state index contributed by atoms with van der Waals surface area (Å²) in [7, 11) is 0. The number of amides is 1. The molecule has 31 heavy (non-hydrogen) atoms. The Hall–Kier alpha value is -3.46. The third-order valence-corrected chi connectivity index (χ3v) is 5.73. The number of para-hydroxylation sites is 1. The van der Waals surface area contributed by atoms with E-state index in [0.717, 1.165) is 11.8 Å². The third kappa shape index (κ3) is 4.66. The van der Waals surface area contributed by atoms with Gasteiger partial charge in [-0.1, -0.05) is 24.3 Å². The van der Waals surface area contributed by atoms with Crippen molar-refractivity contribution in [3.8, 4) is 0 Å². The number of carbonyl (C=O) groups is 2. The summed E-state index contributed by atoms with van der Waals surface area (Å²) in [6, 6.07) is 12.0. The Balaban J connectivity index is 1.46. The molecule has 4 rings (SSSR count). The number of halogens is 2. The van der Waals surface area contributed by atoms with E-state index in [2.05, 4.69) is 15.4 Å². The SMILES string of the molecule is CC(=O)C1CC(C(=O)Nc2ncc(Cc3ccc(F)cc3F)s2)=NN1c1ccccc1. The highest BCUT2D eigenvalue weighted by atomic mass is 32.1. The van der Waals surface area contributed by atoms with Crippen LogP contribution < -0.4 is 10.3 Å². The van der Waals surface area contributed by atoms with E-state index in [9.17, 15) is 18.4 Å². The normalized spacial score (nSPS) is 15.6. The van der Waals surface area contributed by atoms with Crippen molar-refractivity contribution >= 4 is 39.6 Å². The number of benzene rings is 2. The number of thiazole rings is 1. The first-order valence-corrected chi connectivity index (χ1v) is 10.3. The molecule has 0 saturated heterocycles. The zero-order valence-corrected chi connectivity index (χ0v) is 17.3. The van der Waals surface area contributed by atoms with Crippen LogP contribution in [0.3, 0.4) is 0 Å². The minimum atomic E-state index is -0.635. The lowest BCUT2D eigenvalue weighted by Gasteiger charge is -2.20. The molecule has 0 spiro atoms. The van der Waals surface area contributed by atoms with Gasteiger partial charge in [0.1, 0.15) is 23.4 Å². The van der Waals surface area contributed by atoms with Gasteiger partial charge in [-0.05, 0) is 30.7 Å². The van der Waals surface area contributed by atoms with Gasteiger partial charge in [-0.15, -0.1) is 11.3 Å². The maximum absolute atomic E-state index is 13.9. The van der Waals surface area contributed by atoms with Gasteiger partial charge < -0.3 is 0 Å². The molecule has 158 valence electrons. The molecule has 1 aliphatic heterocycles. The smallest absolute Gasteiger partial charge is 0.273 e. The number of hydrazone groups is 1. The number of Topliss-reactive ketones (excluding diaryl/α,β-unsaturated/α-hetero) is 1. The molecule has 9 heteroatoms. The lowest BCUT2D eigenvalue weighted by atomic mass is 10.1. The van der Waals surface area contributed by atoms with Crippen molar-refractivity contribution in [3.63, 3.8) is 0 Å². The van der Waals surface area contributed by atoms with Crippen LogP contribution in [0.25, 0.3) is 0 Å². The van der Waals surface area contributed by atoms with Gasteiger partial charge >= 0.3 is 0 Å². The van der Waals surface area contributed by atoms with E-state index in [4.69, 9.17) is 0 Å². The highest BCUT2D eigenvalue weighted by molar-refractivity contribution is 7.15. The van der Waals surface area contributed by atoms with E-state index in [1.807, 2.05) is 30.3 Å². The molecule has 1 unspecified atom stereocenters. The molecular formula is C22H18F2N4O2S. The van der Waals surface area contributed by atoms with Crippen LogP contribution in [0, 0.1) is 11.6 Å². The van der Waals surface area contributed by atoms with E-state index < -0.39 is 23.6 Å². The van der Waals surface area contributed by atoms with Crippen molar-refractivity contribution in [3.05, 3.63) is 76.8 Å². The van der Waals surface area contributed by atoms with Crippen LogP contribution in [-0.4, -0.2) is 28.4 Å². The van der Waals surface area contributed by atoms with Crippen molar-refractivity contribution in [2.45, 2.75) is 25.8 Å². The molecular weight excluding hydrogens is 422 g/mol. The molecule has 0 aliphatic carbocycles. The summed E-state index contributed by atoms with van der Waals surface area (Å²) in [5, 5.41) is 8.94. The maximum atomic E-state index is 13.9. The fourth-order valence-corrected chi connectivity index (χ4v) is 4.08. The van der Waals surface area contributed by atoms with E-state index in [-0.39, 0.29) is 24.3 Å². The van der Waals surface area contributed by atoms with Crippen molar-refractivity contribution in [1.29, 1.82) is 0 Å². The van der Waals surface area contributed by atoms with Crippen LogP contribution in [0.15, 0.2) is 59.8 Å². The first-order valence-electron chi connectivity index (χ1n) is 9.53. The second kappa shape index (κ2) is 8.73. The summed E-state index contributed by atoms with van der Waals surface area (Å²) in [4.78, 5) is 29.6. The number of hydrogen-bond acceptors (Lipinski definition) is 6. The quantitative estimate of drug-likeness (QED) is 0.624. The van der Waals surface area contributed by atoms with Crippen LogP contribution in [0.4, 0.5) is 19.6 Å². The first-order chi connectivity index (χ1) is 14.9. The highest BCUT2D eigenvalue weighted by Gasteiger charge is 2.34. The van der Waals surface area contributed by atoms with Crippen LogP contribution in [0.1, 0.15) is 23.8 Å². The summed E-state index contributed by atoms with van der Waals surface area (Å²) in [5.41, 5.74) is 1.29. The molecule has 1 N–H and O–H groups in total. The predicted octanol–water partition coefficient (Wildman–Crippen LogP) is 4.17. The van der Waals surface area contributed by atoms with Gasteiger partial charge in [0.25, 0.3) is 5.91 Å². The molecule has 0 saturated carbocycles. The number of ketones is 1. The Bertz CT molecular complexity index is 1160. The zero-order valence-electron chi connectivity index (χ0n) is 16.5. The van der Waals surface area contributed by atoms with Gasteiger partial charge in [0, 0.05) is 30.0 Å². The predicted molar refractivity (Wildman–Crippen MR) is 115 cm³/mol. The fourth-order valence-electron chi connectivity index (χ4n) is 3.25. The van der Waals surface area contributed by atoms with Crippen molar-refractivity contribution < 1.29 is 18.4 Å². The topological polar surface area (TPSA) is 74.7 Å². The van der Waals surface area contributed by atoms with Crippen molar-refractivity contribution in [1.82, 2.24) is 4.98 Å². The van der Waals surface area contributed by atoms with Gasteiger partial charge in [0.15, 0.2) is 10.9 Å². The van der Waals surface area contributed by atoms with Gasteiger partial charge in [0.2, 0.25) is 0 Å². The summed E-state index contributed by atoms with van der Waals surface area (Å²) in [6.07, 6.45) is 1.96. The number of aromatic nitrogens is 1. The van der Waals surface area contributed by atoms with Crippen molar-refractivity contribution in [2.24, 2.45) is 5.10 Å². The standard InChI is InChI=1S/C22H18F2N4O2S/c1-13(29)20-11-19(27-28(20)16-5-3-2-4-6-16)21(30)26-22-25-12-17(31-22)9-14-7-8-15(23)10-18(14)24/h2-8,10,12,20H,9,11H2,1H3,(H,25,26,30). The Morgan fingerprint density at radius 2 is 1.97 bits per heavy atom. The molecule has 1 amide bonds. The van der Waals surface area contributed by atoms with E-state index >= 15 is 0 Å². The molecule has 0 bridgehead atoms. The summed E-state index contributed by atoms with van der Waals surface area (Å²) in [5.74, 6) is -1.80. The molecule has 3 aromatic rings. The van der Waals surface area contributed by atoms with Crippen LogP contribution >= 0.6 is 11.3 Å². The Labute approximate surface area is 181 Å². The Kier molecular flexibility index (Phi) is 5.85.